The van der Waals surface area contributed by atoms with E-state index in [9.17, 15) is 0 Å². The third-order valence-electron chi connectivity index (χ3n) is 3.34. The van der Waals surface area contributed by atoms with Gasteiger partial charge < -0.3 is 10.1 Å². The van der Waals surface area contributed by atoms with E-state index < -0.39 is 0 Å². The summed E-state index contributed by atoms with van der Waals surface area (Å²) in [5.41, 5.74) is 2.89. The lowest BCUT2D eigenvalue weighted by Crippen LogP contribution is -2.15. The van der Waals surface area contributed by atoms with Crippen LogP contribution >= 0.6 is 0 Å². The second-order valence-electron chi connectivity index (χ2n) is 4.35. The minimum atomic E-state index is 0.620. The van der Waals surface area contributed by atoms with Gasteiger partial charge in [0.05, 0.1) is 7.11 Å². The zero-order valence-corrected chi connectivity index (χ0v) is 9.71. The highest BCUT2D eigenvalue weighted by atomic mass is 16.5. The molecular weight excluding hydrogens is 186 g/mol. The topological polar surface area (TPSA) is 21.3 Å². The Kier molecular flexibility index (Phi) is 2.96. The van der Waals surface area contributed by atoms with Crippen LogP contribution in [-0.4, -0.2) is 20.7 Å². The Hall–Kier alpha value is -1.02. The summed E-state index contributed by atoms with van der Waals surface area (Å²) in [7, 11) is 3.77. The van der Waals surface area contributed by atoms with Crippen molar-refractivity contribution in [2.75, 3.05) is 20.7 Å². The zero-order chi connectivity index (χ0) is 10.8. The van der Waals surface area contributed by atoms with Gasteiger partial charge in [0, 0.05) is 12.1 Å². The van der Waals surface area contributed by atoms with Gasteiger partial charge in [0.25, 0.3) is 0 Å². The number of hydrogen-bond acceptors (Lipinski definition) is 2. The molecule has 2 unspecified atom stereocenters. The minimum Gasteiger partial charge on any atom is -0.496 e. The molecule has 0 saturated carbocycles. The number of likely N-dealkylation sites (N-methyl/N-ethyl adjacent to an activating group) is 1. The molecular formula is C13H19NO. The Morgan fingerprint density at radius 2 is 2.27 bits per heavy atom. The first-order valence-corrected chi connectivity index (χ1v) is 5.59. The lowest BCUT2D eigenvalue weighted by atomic mass is 10.0. The lowest BCUT2D eigenvalue weighted by molar-refractivity contribution is 0.407. The molecule has 0 bridgehead atoms. The molecule has 0 amide bonds. The molecule has 0 saturated heterocycles. The van der Waals surface area contributed by atoms with Gasteiger partial charge in [-0.15, -0.1) is 0 Å². The van der Waals surface area contributed by atoms with E-state index in [1.807, 2.05) is 7.05 Å². The quantitative estimate of drug-likeness (QED) is 0.818. The molecule has 0 aromatic heterocycles. The number of fused-ring (bicyclic) bond motifs is 1. The molecule has 15 heavy (non-hydrogen) atoms. The molecule has 1 aliphatic carbocycles. The van der Waals surface area contributed by atoms with Crippen LogP contribution in [0.2, 0.25) is 0 Å². The monoisotopic (exact) mass is 205 g/mol. The predicted molar refractivity (Wildman–Crippen MR) is 62.7 cm³/mol. The molecule has 0 aliphatic heterocycles. The zero-order valence-electron chi connectivity index (χ0n) is 9.71. The van der Waals surface area contributed by atoms with Crippen molar-refractivity contribution in [2.45, 2.75) is 25.2 Å². The molecule has 2 atom stereocenters. The first-order valence-electron chi connectivity index (χ1n) is 5.59. The molecule has 1 aromatic carbocycles. The molecule has 0 fully saturated rings. The van der Waals surface area contributed by atoms with Crippen molar-refractivity contribution in [1.29, 1.82) is 0 Å². The van der Waals surface area contributed by atoms with Crippen LogP contribution in [0, 0.1) is 0 Å². The van der Waals surface area contributed by atoms with Gasteiger partial charge in [0.15, 0.2) is 0 Å². The largest absolute Gasteiger partial charge is 0.496 e. The van der Waals surface area contributed by atoms with E-state index in [2.05, 4.69) is 30.4 Å². The summed E-state index contributed by atoms with van der Waals surface area (Å²) in [6.07, 6.45) is 1.23. The standard InChI is InChI=1S/C13H19NO/c1-9-7-10(8-14-2)11-5-4-6-12(15-3)13(9)11/h4-6,9-10,14H,7-8H2,1-3H3. The van der Waals surface area contributed by atoms with E-state index in [1.165, 1.54) is 17.5 Å². The second kappa shape index (κ2) is 4.23. The third-order valence-corrected chi connectivity index (χ3v) is 3.34. The fourth-order valence-corrected chi connectivity index (χ4v) is 2.73. The van der Waals surface area contributed by atoms with Crippen molar-refractivity contribution in [3.05, 3.63) is 29.3 Å². The van der Waals surface area contributed by atoms with E-state index in [4.69, 9.17) is 4.74 Å². The Bertz CT molecular complexity index is 348. The molecule has 2 heteroatoms. The molecule has 0 heterocycles. The molecule has 1 N–H and O–H groups in total. The van der Waals surface area contributed by atoms with Crippen LogP contribution in [0.5, 0.6) is 5.75 Å². The average Bonchev–Trinajstić information content (AvgIpc) is 2.57. The number of rotatable bonds is 3. The SMILES string of the molecule is CNCC1CC(C)c2c(OC)cccc21. The Morgan fingerprint density at radius 1 is 1.47 bits per heavy atom. The number of nitrogens with one attached hydrogen (secondary N) is 1. The van der Waals surface area contributed by atoms with E-state index >= 15 is 0 Å². The van der Waals surface area contributed by atoms with Crippen molar-refractivity contribution in [3.63, 3.8) is 0 Å². The van der Waals surface area contributed by atoms with E-state index in [0.29, 0.717) is 11.8 Å². The Balaban J connectivity index is 2.39. The molecule has 0 spiro atoms. The summed E-state index contributed by atoms with van der Waals surface area (Å²) in [6.45, 7) is 3.35. The maximum Gasteiger partial charge on any atom is 0.122 e. The fourth-order valence-electron chi connectivity index (χ4n) is 2.73. The van der Waals surface area contributed by atoms with Crippen LogP contribution in [0.3, 0.4) is 0 Å². The van der Waals surface area contributed by atoms with Gasteiger partial charge in [0.1, 0.15) is 5.75 Å². The molecule has 2 nitrogen and oxygen atoms in total. The summed E-state index contributed by atoms with van der Waals surface area (Å²) in [5.74, 6) is 2.32. The first kappa shape index (κ1) is 10.5. The predicted octanol–water partition coefficient (Wildman–Crippen LogP) is 2.51. The fraction of sp³-hybridized carbons (Fsp3) is 0.538. The van der Waals surface area contributed by atoms with Crippen LogP contribution < -0.4 is 10.1 Å². The Labute approximate surface area is 91.6 Å². The number of benzene rings is 1. The van der Waals surface area contributed by atoms with Gasteiger partial charge in [-0.25, -0.2) is 0 Å². The second-order valence-corrected chi connectivity index (χ2v) is 4.35. The van der Waals surface area contributed by atoms with Crippen LogP contribution in [-0.2, 0) is 0 Å². The Morgan fingerprint density at radius 3 is 2.93 bits per heavy atom. The summed E-state index contributed by atoms with van der Waals surface area (Å²) in [5, 5.41) is 3.27. The molecule has 0 radical (unpaired) electrons. The van der Waals surface area contributed by atoms with Gasteiger partial charge in [-0.1, -0.05) is 19.1 Å². The maximum absolute atomic E-state index is 5.43. The van der Waals surface area contributed by atoms with Gasteiger partial charge in [-0.2, -0.15) is 0 Å². The van der Waals surface area contributed by atoms with E-state index in [0.717, 1.165) is 12.3 Å². The van der Waals surface area contributed by atoms with Crippen LogP contribution in [0.15, 0.2) is 18.2 Å². The summed E-state index contributed by atoms with van der Waals surface area (Å²) in [6, 6.07) is 6.40. The highest BCUT2D eigenvalue weighted by molar-refractivity contribution is 5.48. The summed E-state index contributed by atoms with van der Waals surface area (Å²) >= 11 is 0. The minimum absolute atomic E-state index is 0.620. The van der Waals surface area contributed by atoms with Gasteiger partial charge in [0.2, 0.25) is 0 Å². The van der Waals surface area contributed by atoms with Crippen LogP contribution in [0.4, 0.5) is 0 Å². The molecule has 2 rings (SSSR count). The highest BCUT2D eigenvalue weighted by Crippen LogP contribution is 2.45. The van der Waals surface area contributed by atoms with Crippen molar-refractivity contribution in [3.8, 4) is 5.75 Å². The van der Waals surface area contributed by atoms with Crippen molar-refractivity contribution in [1.82, 2.24) is 5.32 Å². The summed E-state index contributed by atoms with van der Waals surface area (Å²) < 4.78 is 5.43. The lowest BCUT2D eigenvalue weighted by Gasteiger charge is -2.11. The average molecular weight is 205 g/mol. The van der Waals surface area contributed by atoms with E-state index in [-0.39, 0.29) is 0 Å². The number of methoxy groups -OCH3 is 1. The highest BCUT2D eigenvalue weighted by Gasteiger charge is 2.29. The van der Waals surface area contributed by atoms with E-state index in [1.54, 1.807) is 7.11 Å². The van der Waals surface area contributed by atoms with Crippen LogP contribution in [0.25, 0.3) is 0 Å². The van der Waals surface area contributed by atoms with Gasteiger partial charge >= 0.3 is 0 Å². The smallest absolute Gasteiger partial charge is 0.122 e. The number of ether oxygens (including phenoxy) is 1. The van der Waals surface area contributed by atoms with Crippen LogP contribution in [0.1, 0.15) is 36.3 Å². The third kappa shape index (κ3) is 1.74. The van der Waals surface area contributed by atoms with Gasteiger partial charge in [-0.05, 0) is 36.9 Å². The first-order chi connectivity index (χ1) is 7.27. The van der Waals surface area contributed by atoms with Gasteiger partial charge in [-0.3, -0.25) is 0 Å². The molecule has 1 aromatic rings. The maximum atomic E-state index is 5.43. The summed E-state index contributed by atoms with van der Waals surface area (Å²) in [4.78, 5) is 0. The van der Waals surface area contributed by atoms with Crippen molar-refractivity contribution < 1.29 is 4.74 Å². The normalized spacial score (nSPS) is 23.9. The van der Waals surface area contributed by atoms with Crippen molar-refractivity contribution in [2.24, 2.45) is 0 Å². The number of hydrogen-bond donors (Lipinski definition) is 1. The molecule has 82 valence electrons. The van der Waals surface area contributed by atoms with Crippen molar-refractivity contribution >= 4 is 0 Å². The molecule has 1 aliphatic rings.